The van der Waals surface area contributed by atoms with Crippen LogP contribution in [0.1, 0.15) is 10.4 Å². The zero-order valence-corrected chi connectivity index (χ0v) is 11.0. The van der Waals surface area contributed by atoms with Gasteiger partial charge in [0, 0.05) is 11.6 Å². The Kier molecular flexibility index (Phi) is 4.03. The number of para-hydroxylation sites is 2. The topological polar surface area (TPSA) is 105 Å². The Bertz CT molecular complexity index is 700. The molecule has 0 aliphatic heterocycles. The number of hydrogen-bond donors (Lipinski definition) is 1. The maximum Gasteiger partial charge on any atom is 0.293 e. The summed E-state index contributed by atoms with van der Waals surface area (Å²) in [4.78, 5) is 21.2. The predicted octanol–water partition coefficient (Wildman–Crippen LogP) is 1.71. The SMILES string of the molecule is COc1ccccc1Nc1ccc(C(=O)[O-])cc1[N+](=O)[O-]. The van der Waals surface area contributed by atoms with E-state index in [1.807, 2.05) is 0 Å². The second kappa shape index (κ2) is 5.91. The van der Waals surface area contributed by atoms with Gasteiger partial charge in [0.2, 0.25) is 0 Å². The normalized spacial score (nSPS) is 9.95. The van der Waals surface area contributed by atoms with E-state index in [4.69, 9.17) is 4.74 Å². The van der Waals surface area contributed by atoms with E-state index >= 15 is 0 Å². The van der Waals surface area contributed by atoms with Crippen molar-refractivity contribution in [3.8, 4) is 5.75 Å². The lowest BCUT2D eigenvalue weighted by molar-refractivity contribution is -0.384. The van der Waals surface area contributed by atoms with Crippen molar-refractivity contribution in [2.45, 2.75) is 0 Å². The lowest BCUT2D eigenvalue weighted by Crippen LogP contribution is -2.22. The molecule has 0 unspecified atom stereocenters. The number of carbonyl (C=O) groups excluding carboxylic acids is 1. The number of nitro benzene ring substituents is 1. The fraction of sp³-hybridized carbons (Fsp3) is 0.0714. The predicted molar refractivity (Wildman–Crippen MR) is 73.7 cm³/mol. The lowest BCUT2D eigenvalue weighted by atomic mass is 10.1. The maximum atomic E-state index is 11.1. The minimum absolute atomic E-state index is 0.162. The molecule has 0 heterocycles. The summed E-state index contributed by atoms with van der Waals surface area (Å²) < 4.78 is 5.14. The van der Waals surface area contributed by atoms with Gasteiger partial charge in [-0.2, -0.15) is 0 Å². The van der Waals surface area contributed by atoms with Gasteiger partial charge in [0.15, 0.2) is 0 Å². The van der Waals surface area contributed by atoms with Crippen LogP contribution in [-0.4, -0.2) is 18.0 Å². The van der Waals surface area contributed by atoms with E-state index in [2.05, 4.69) is 5.32 Å². The number of ether oxygens (including phenoxy) is 1. The van der Waals surface area contributed by atoms with Crippen LogP contribution < -0.4 is 15.2 Å². The lowest BCUT2D eigenvalue weighted by Gasteiger charge is -2.12. The van der Waals surface area contributed by atoms with Gasteiger partial charge in [-0.05, 0) is 18.2 Å². The summed E-state index contributed by atoms with van der Waals surface area (Å²) in [5.74, 6) is -0.960. The first-order valence-corrected chi connectivity index (χ1v) is 5.92. The van der Waals surface area contributed by atoms with E-state index in [9.17, 15) is 20.0 Å². The molecule has 0 aromatic heterocycles. The minimum atomic E-state index is -1.47. The van der Waals surface area contributed by atoms with E-state index in [1.165, 1.54) is 19.2 Å². The number of hydrogen-bond acceptors (Lipinski definition) is 6. The van der Waals surface area contributed by atoms with E-state index in [0.29, 0.717) is 11.4 Å². The van der Waals surface area contributed by atoms with Gasteiger partial charge in [0.1, 0.15) is 11.4 Å². The molecule has 0 fully saturated rings. The van der Waals surface area contributed by atoms with E-state index in [1.54, 1.807) is 24.3 Å². The number of carboxylic acid groups (broad SMARTS) is 1. The van der Waals surface area contributed by atoms with Crippen molar-refractivity contribution in [2.24, 2.45) is 0 Å². The zero-order chi connectivity index (χ0) is 15.4. The number of nitro groups is 1. The number of carbonyl (C=O) groups is 1. The highest BCUT2D eigenvalue weighted by Gasteiger charge is 2.16. The molecule has 2 rings (SSSR count). The molecule has 2 aromatic carbocycles. The Hall–Kier alpha value is -3.09. The molecule has 0 aliphatic carbocycles. The number of nitrogens with zero attached hydrogens (tertiary/aromatic N) is 1. The molecule has 0 spiro atoms. The molecule has 0 atom stereocenters. The summed E-state index contributed by atoms with van der Waals surface area (Å²) in [6, 6.07) is 10.4. The van der Waals surface area contributed by atoms with Crippen LogP contribution in [0.2, 0.25) is 0 Å². The summed E-state index contributed by atoms with van der Waals surface area (Å²) in [5, 5.41) is 24.7. The van der Waals surface area contributed by atoms with E-state index in [0.717, 1.165) is 6.07 Å². The Morgan fingerprint density at radius 2 is 1.90 bits per heavy atom. The van der Waals surface area contributed by atoms with Crippen LogP contribution in [0.5, 0.6) is 5.75 Å². The van der Waals surface area contributed by atoms with Gasteiger partial charge in [0.05, 0.1) is 23.7 Å². The first-order chi connectivity index (χ1) is 10.0. The standard InChI is InChI=1S/C14H12N2O5/c1-21-13-5-3-2-4-11(13)15-10-7-6-9(14(17)18)8-12(10)16(19)20/h2-8,15H,1H3,(H,17,18)/p-1. The van der Waals surface area contributed by atoms with Gasteiger partial charge < -0.3 is 20.0 Å². The van der Waals surface area contributed by atoms with Gasteiger partial charge in [-0.3, -0.25) is 10.1 Å². The van der Waals surface area contributed by atoms with Crippen molar-refractivity contribution < 1.29 is 19.6 Å². The van der Waals surface area contributed by atoms with E-state index < -0.39 is 10.9 Å². The fourth-order valence-corrected chi connectivity index (χ4v) is 1.81. The second-order valence-electron chi connectivity index (χ2n) is 4.10. The first kappa shape index (κ1) is 14.3. The maximum absolute atomic E-state index is 11.1. The van der Waals surface area contributed by atoms with Gasteiger partial charge >= 0.3 is 0 Å². The summed E-state index contributed by atoms with van der Waals surface area (Å²) in [6.07, 6.45) is 0. The highest BCUT2D eigenvalue weighted by Crippen LogP contribution is 2.32. The molecule has 1 N–H and O–H groups in total. The monoisotopic (exact) mass is 287 g/mol. The van der Waals surface area contributed by atoms with E-state index in [-0.39, 0.29) is 16.9 Å². The van der Waals surface area contributed by atoms with Crippen molar-refractivity contribution in [1.82, 2.24) is 0 Å². The van der Waals surface area contributed by atoms with Crippen LogP contribution in [-0.2, 0) is 0 Å². The highest BCUT2D eigenvalue weighted by molar-refractivity contribution is 5.88. The third-order valence-electron chi connectivity index (χ3n) is 2.81. The molecule has 0 bridgehead atoms. The summed E-state index contributed by atoms with van der Waals surface area (Å²) in [6.45, 7) is 0. The van der Waals surface area contributed by atoms with Gasteiger partial charge in [0.25, 0.3) is 5.69 Å². The highest BCUT2D eigenvalue weighted by atomic mass is 16.6. The number of nitrogens with one attached hydrogen (secondary N) is 1. The molecular weight excluding hydrogens is 276 g/mol. The molecule has 0 saturated carbocycles. The first-order valence-electron chi connectivity index (χ1n) is 5.92. The molecule has 0 amide bonds. The fourth-order valence-electron chi connectivity index (χ4n) is 1.81. The Morgan fingerprint density at radius 1 is 1.19 bits per heavy atom. The molecule has 108 valence electrons. The Balaban J connectivity index is 2.44. The van der Waals surface area contributed by atoms with Crippen LogP contribution in [0.4, 0.5) is 17.1 Å². The van der Waals surface area contributed by atoms with Crippen LogP contribution >= 0.6 is 0 Å². The summed E-state index contributed by atoms with van der Waals surface area (Å²) in [7, 11) is 1.48. The number of benzene rings is 2. The van der Waals surface area contributed by atoms with Crippen molar-refractivity contribution in [1.29, 1.82) is 0 Å². The van der Waals surface area contributed by atoms with Crippen LogP contribution in [0.25, 0.3) is 0 Å². The van der Waals surface area contributed by atoms with Crippen LogP contribution in [0, 0.1) is 10.1 Å². The average Bonchev–Trinajstić information content (AvgIpc) is 2.47. The molecule has 7 nitrogen and oxygen atoms in total. The smallest absolute Gasteiger partial charge is 0.293 e. The quantitative estimate of drug-likeness (QED) is 0.663. The zero-order valence-electron chi connectivity index (χ0n) is 11.0. The number of methoxy groups -OCH3 is 1. The third kappa shape index (κ3) is 3.08. The number of anilines is 2. The Labute approximate surface area is 119 Å². The summed E-state index contributed by atoms with van der Waals surface area (Å²) in [5.41, 5.74) is 0.0775. The number of carboxylic acids is 1. The molecule has 0 saturated heterocycles. The molecular formula is C14H11N2O5-. The van der Waals surface area contributed by atoms with Gasteiger partial charge in [-0.1, -0.05) is 18.2 Å². The van der Waals surface area contributed by atoms with Crippen molar-refractivity contribution in [3.05, 3.63) is 58.1 Å². The minimum Gasteiger partial charge on any atom is -0.545 e. The molecule has 21 heavy (non-hydrogen) atoms. The van der Waals surface area contributed by atoms with Crippen molar-refractivity contribution in [3.63, 3.8) is 0 Å². The summed E-state index contributed by atoms with van der Waals surface area (Å²) >= 11 is 0. The molecule has 2 aromatic rings. The molecule has 7 heteroatoms. The van der Waals surface area contributed by atoms with Gasteiger partial charge in [-0.15, -0.1) is 0 Å². The largest absolute Gasteiger partial charge is 0.545 e. The van der Waals surface area contributed by atoms with Crippen LogP contribution in [0.3, 0.4) is 0 Å². The second-order valence-corrected chi connectivity index (χ2v) is 4.10. The number of rotatable bonds is 5. The van der Waals surface area contributed by atoms with Crippen LogP contribution in [0.15, 0.2) is 42.5 Å². The Morgan fingerprint density at radius 3 is 2.52 bits per heavy atom. The third-order valence-corrected chi connectivity index (χ3v) is 2.81. The van der Waals surface area contributed by atoms with Crippen molar-refractivity contribution >= 4 is 23.0 Å². The van der Waals surface area contributed by atoms with Crippen molar-refractivity contribution in [2.75, 3.05) is 12.4 Å². The average molecular weight is 287 g/mol. The number of aromatic carboxylic acids is 1. The molecule has 0 aliphatic rings. The molecule has 0 radical (unpaired) electrons. The van der Waals surface area contributed by atoms with Gasteiger partial charge in [-0.25, -0.2) is 0 Å².